The summed E-state index contributed by atoms with van der Waals surface area (Å²) in [7, 11) is 0. The third-order valence-corrected chi connectivity index (χ3v) is 3.81. The van der Waals surface area contributed by atoms with E-state index in [9.17, 15) is 4.79 Å². The second-order valence-corrected chi connectivity index (χ2v) is 4.67. The lowest BCUT2D eigenvalue weighted by molar-refractivity contribution is 0.112. The lowest BCUT2D eigenvalue weighted by Gasteiger charge is -1.92. The SMILES string of the molecule is O=Cc1c(Cl)sc2c(S)cccc12. The minimum atomic E-state index is 0.534. The number of halogens is 1. The molecule has 2 rings (SSSR count). The summed E-state index contributed by atoms with van der Waals surface area (Å²) in [6.45, 7) is 0. The van der Waals surface area contributed by atoms with Crippen molar-refractivity contribution in [2.24, 2.45) is 0 Å². The van der Waals surface area contributed by atoms with Gasteiger partial charge < -0.3 is 0 Å². The molecule has 0 amide bonds. The highest BCUT2D eigenvalue weighted by Gasteiger charge is 2.10. The fraction of sp³-hybridized carbons (Fsp3) is 0. The monoisotopic (exact) mass is 228 g/mol. The topological polar surface area (TPSA) is 17.1 Å². The molecule has 0 aliphatic heterocycles. The van der Waals surface area contributed by atoms with E-state index in [4.69, 9.17) is 11.6 Å². The molecule has 13 heavy (non-hydrogen) atoms. The maximum absolute atomic E-state index is 10.7. The second-order valence-electron chi connectivity index (χ2n) is 2.56. The molecule has 1 heterocycles. The molecule has 1 aromatic carbocycles. The van der Waals surface area contributed by atoms with Crippen molar-refractivity contribution < 1.29 is 4.79 Å². The molecular weight excluding hydrogens is 224 g/mol. The number of fused-ring (bicyclic) bond motifs is 1. The molecule has 0 bridgehead atoms. The van der Waals surface area contributed by atoms with Crippen molar-refractivity contribution >= 4 is 51.9 Å². The standard InChI is InChI=1S/C9H5ClOS2/c10-9-6(4-11)5-2-1-3-7(12)8(5)13-9/h1-4,12H. The van der Waals surface area contributed by atoms with Gasteiger partial charge in [0, 0.05) is 15.0 Å². The minimum absolute atomic E-state index is 0.534. The molecule has 0 unspecified atom stereocenters. The van der Waals surface area contributed by atoms with Gasteiger partial charge in [0.1, 0.15) is 4.34 Å². The highest BCUT2D eigenvalue weighted by molar-refractivity contribution is 7.80. The van der Waals surface area contributed by atoms with E-state index >= 15 is 0 Å². The summed E-state index contributed by atoms with van der Waals surface area (Å²) in [4.78, 5) is 11.6. The number of carbonyl (C=O) groups excluding carboxylic acids is 1. The molecule has 0 N–H and O–H groups in total. The number of thiol groups is 1. The summed E-state index contributed by atoms with van der Waals surface area (Å²) >= 11 is 11.6. The third kappa shape index (κ3) is 1.37. The average Bonchev–Trinajstić information content (AvgIpc) is 2.43. The minimum Gasteiger partial charge on any atom is -0.298 e. The van der Waals surface area contributed by atoms with Crippen molar-refractivity contribution in [3.05, 3.63) is 28.1 Å². The molecule has 4 heteroatoms. The Morgan fingerprint density at radius 1 is 1.46 bits per heavy atom. The van der Waals surface area contributed by atoms with Crippen molar-refractivity contribution in [3.8, 4) is 0 Å². The maximum Gasteiger partial charge on any atom is 0.153 e. The highest BCUT2D eigenvalue weighted by atomic mass is 35.5. The van der Waals surface area contributed by atoms with Crippen LogP contribution in [0.3, 0.4) is 0 Å². The van der Waals surface area contributed by atoms with Gasteiger partial charge in [0.15, 0.2) is 6.29 Å². The van der Waals surface area contributed by atoms with Crippen molar-refractivity contribution in [2.75, 3.05) is 0 Å². The Bertz CT molecular complexity index is 476. The Balaban J connectivity index is 2.93. The molecule has 0 fully saturated rings. The van der Waals surface area contributed by atoms with Crippen LogP contribution in [0.25, 0.3) is 10.1 Å². The molecule has 0 atom stereocenters. The Hall–Kier alpha value is -0.510. The Kier molecular flexibility index (Phi) is 2.32. The zero-order valence-corrected chi connectivity index (χ0v) is 8.92. The Morgan fingerprint density at radius 3 is 2.92 bits per heavy atom. The number of thiophene rings is 1. The highest BCUT2D eigenvalue weighted by Crippen LogP contribution is 2.37. The molecule has 1 aromatic heterocycles. The van der Waals surface area contributed by atoms with Gasteiger partial charge in [0.2, 0.25) is 0 Å². The van der Waals surface area contributed by atoms with Gasteiger partial charge in [0.05, 0.1) is 5.56 Å². The molecule has 0 spiro atoms. The van der Waals surface area contributed by atoms with Crippen molar-refractivity contribution in [3.63, 3.8) is 0 Å². The third-order valence-electron chi connectivity index (χ3n) is 1.81. The first-order chi connectivity index (χ1) is 6.24. The van der Waals surface area contributed by atoms with Crippen LogP contribution in [0.5, 0.6) is 0 Å². The lowest BCUT2D eigenvalue weighted by atomic mass is 10.2. The van der Waals surface area contributed by atoms with Crippen molar-refractivity contribution in [1.82, 2.24) is 0 Å². The Morgan fingerprint density at radius 2 is 2.23 bits per heavy atom. The van der Waals surface area contributed by atoms with Crippen LogP contribution in [0.4, 0.5) is 0 Å². The number of aldehydes is 1. The predicted octanol–water partition coefficient (Wildman–Crippen LogP) is 3.66. The smallest absolute Gasteiger partial charge is 0.153 e. The fourth-order valence-electron chi connectivity index (χ4n) is 1.20. The summed E-state index contributed by atoms with van der Waals surface area (Å²) in [5.74, 6) is 0. The number of hydrogen-bond donors (Lipinski definition) is 1. The van der Waals surface area contributed by atoms with Crippen LogP contribution in [0.15, 0.2) is 23.1 Å². The number of hydrogen-bond acceptors (Lipinski definition) is 3. The normalized spacial score (nSPS) is 10.6. The first-order valence-corrected chi connectivity index (χ1v) is 5.23. The van der Waals surface area contributed by atoms with Gasteiger partial charge in [-0.1, -0.05) is 23.7 Å². The van der Waals surface area contributed by atoms with Crippen LogP contribution in [-0.2, 0) is 0 Å². The van der Waals surface area contributed by atoms with Crippen LogP contribution < -0.4 is 0 Å². The summed E-state index contributed by atoms with van der Waals surface area (Å²) < 4.78 is 1.50. The predicted molar refractivity (Wildman–Crippen MR) is 59.5 cm³/mol. The molecule has 1 nitrogen and oxygen atoms in total. The van der Waals surface area contributed by atoms with Crippen molar-refractivity contribution in [2.45, 2.75) is 4.90 Å². The van der Waals surface area contributed by atoms with E-state index in [2.05, 4.69) is 12.6 Å². The first kappa shape index (κ1) is 9.06. The second kappa shape index (κ2) is 3.33. The van der Waals surface area contributed by atoms with E-state index in [1.54, 1.807) is 0 Å². The molecule has 2 aromatic rings. The van der Waals surface area contributed by atoms with Gasteiger partial charge in [0.25, 0.3) is 0 Å². The molecule has 0 saturated heterocycles. The van der Waals surface area contributed by atoms with Gasteiger partial charge in [-0.05, 0) is 6.07 Å². The van der Waals surface area contributed by atoms with Crippen LogP contribution in [0.1, 0.15) is 10.4 Å². The molecule has 0 aliphatic carbocycles. The van der Waals surface area contributed by atoms with Gasteiger partial charge >= 0.3 is 0 Å². The summed E-state index contributed by atoms with van der Waals surface area (Å²) in [6, 6.07) is 5.62. The molecule has 0 saturated carbocycles. The average molecular weight is 229 g/mol. The summed E-state index contributed by atoms with van der Waals surface area (Å²) in [5.41, 5.74) is 0.567. The number of benzene rings is 1. The lowest BCUT2D eigenvalue weighted by Crippen LogP contribution is -1.75. The summed E-state index contributed by atoms with van der Waals surface area (Å²) in [5, 5.41) is 0.887. The van der Waals surface area contributed by atoms with Crippen LogP contribution in [0, 0.1) is 0 Å². The van der Waals surface area contributed by atoms with E-state index in [0.29, 0.717) is 9.90 Å². The fourth-order valence-corrected chi connectivity index (χ4v) is 2.83. The number of rotatable bonds is 1. The van der Waals surface area contributed by atoms with Crippen molar-refractivity contribution in [1.29, 1.82) is 0 Å². The van der Waals surface area contributed by atoms with Crippen LogP contribution in [0.2, 0.25) is 4.34 Å². The zero-order valence-electron chi connectivity index (χ0n) is 6.45. The Labute approximate surface area is 89.7 Å². The van der Waals surface area contributed by atoms with E-state index in [-0.39, 0.29) is 0 Å². The molecular formula is C9H5ClOS2. The quantitative estimate of drug-likeness (QED) is 0.582. The van der Waals surface area contributed by atoms with Gasteiger partial charge in [-0.25, -0.2) is 0 Å². The summed E-state index contributed by atoms with van der Waals surface area (Å²) in [6.07, 6.45) is 0.786. The van der Waals surface area contributed by atoms with Gasteiger partial charge in [-0.3, -0.25) is 4.79 Å². The van der Waals surface area contributed by atoms with E-state index in [0.717, 1.165) is 21.3 Å². The van der Waals surface area contributed by atoms with Crippen LogP contribution >= 0.6 is 35.6 Å². The number of carbonyl (C=O) groups is 1. The van der Waals surface area contributed by atoms with E-state index < -0.39 is 0 Å². The van der Waals surface area contributed by atoms with Gasteiger partial charge in [-0.2, -0.15) is 0 Å². The molecule has 66 valence electrons. The maximum atomic E-state index is 10.7. The van der Waals surface area contributed by atoms with E-state index in [1.807, 2.05) is 18.2 Å². The largest absolute Gasteiger partial charge is 0.298 e. The molecule has 0 radical (unpaired) electrons. The first-order valence-electron chi connectivity index (χ1n) is 3.59. The van der Waals surface area contributed by atoms with E-state index in [1.165, 1.54) is 11.3 Å². The molecule has 0 aliphatic rings. The zero-order chi connectivity index (χ0) is 9.42. The van der Waals surface area contributed by atoms with Gasteiger partial charge in [-0.15, -0.1) is 24.0 Å². The van der Waals surface area contributed by atoms with Crippen LogP contribution in [-0.4, -0.2) is 6.29 Å².